The minimum atomic E-state index is -5.38. The Bertz CT molecular complexity index is 2010. The number of carbonyl (C=O) groups is 3. The van der Waals surface area contributed by atoms with Gasteiger partial charge in [-0.1, -0.05) is 24.3 Å². The van der Waals surface area contributed by atoms with E-state index < -0.39 is 96.2 Å². The first-order chi connectivity index (χ1) is 24.2. The van der Waals surface area contributed by atoms with E-state index in [2.05, 4.69) is 16.5 Å². The SMILES string of the molecule is CN1CC(CC#N)(n2cc(-c3ccc4c(c3)C(F)(F)C[C@]43NC(=O)N(CC(=O)N(Cc4ccc(F)cc4)C4(C(F)(F)F)CC(F)(F)C4)C3=O)cn2)C1. The topological polar surface area (TPSA) is 115 Å². The molecule has 1 N–H and O–H groups in total. The minimum Gasteiger partial charge on any atom is -0.322 e. The van der Waals surface area contributed by atoms with Crippen molar-refractivity contribution < 1.29 is 49.5 Å². The summed E-state index contributed by atoms with van der Waals surface area (Å²) in [6.07, 6.45) is -7.00. The van der Waals surface area contributed by atoms with E-state index in [1.54, 1.807) is 10.9 Å². The highest BCUT2D eigenvalue weighted by Crippen LogP contribution is 2.58. The van der Waals surface area contributed by atoms with Crippen molar-refractivity contribution in [2.75, 3.05) is 26.7 Å². The van der Waals surface area contributed by atoms with Crippen LogP contribution in [-0.2, 0) is 33.1 Å². The molecule has 3 aromatic rings. The second-order valence-corrected chi connectivity index (χ2v) is 14.1. The third kappa shape index (κ3) is 5.39. The number of nitrogens with one attached hydrogen (secondary N) is 1. The average molecular weight is 736 g/mol. The molecule has 18 heteroatoms. The Morgan fingerprint density at radius 1 is 1.00 bits per heavy atom. The predicted octanol–water partition coefficient (Wildman–Crippen LogP) is 5.25. The van der Waals surface area contributed by atoms with Crippen LogP contribution in [0.2, 0.25) is 0 Å². The van der Waals surface area contributed by atoms with Crippen LogP contribution in [0, 0.1) is 17.1 Å². The molecule has 1 spiro atoms. The molecule has 1 saturated carbocycles. The summed E-state index contributed by atoms with van der Waals surface area (Å²) in [5.41, 5.74) is -6.62. The van der Waals surface area contributed by atoms with Crippen LogP contribution in [0.15, 0.2) is 54.9 Å². The monoisotopic (exact) mass is 735 g/mol. The summed E-state index contributed by atoms with van der Waals surface area (Å²) in [5, 5.41) is 15.9. The summed E-state index contributed by atoms with van der Waals surface area (Å²) in [6, 6.07) is 8.45. The number of amides is 4. The molecule has 3 fully saturated rings. The van der Waals surface area contributed by atoms with Crippen molar-refractivity contribution in [3.05, 3.63) is 77.4 Å². The van der Waals surface area contributed by atoms with Gasteiger partial charge in [-0.05, 0) is 41.9 Å². The molecule has 52 heavy (non-hydrogen) atoms. The van der Waals surface area contributed by atoms with E-state index in [9.17, 15) is 46.0 Å². The lowest BCUT2D eigenvalue weighted by atomic mass is 9.71. The zero-order valence-corrected chi connectivity index (χ0v) is 27.3. The number of likely N-dealkylation sites (N-methyl/N-ethyl adjacent to an activating group) is 1. The molecule has 3 heterocycles. The lowest BCUT2D eigenvalue weighted by molar-refractivity contribution is -0.307. The molecule has 2 saturated heterocycles. The second kappa shape index (κ2) is 11.5. The maximum absolute atomic E-state index is 15.8. The Labute approximate surface area is 290 Å². The third-order valence-electron chi connectivity index (χ3n) is 10.5. The van der Waals surface area contributed by atoms with Gasteiger partial charge in [0, 0.05) is 49.8 Å². The average Bonchev–Trinajstić information content (AvgIpc) is 3.68. The Morgan fingerprint density at radius 3 is 2.27 bits per heavy atom. The van der Waals surface area contributed by atoms with Gasteiger partial charge in [-0.2, -0.15) is 23.5 Å². The number of aromatic nitrogens is 2. The molecule has 7 rings (SSSR count). The minimum absolute atomic E-state index is 0.0618. The van der Waals surface area contributed by atoms with Gasteiger partial charge in [0.15, 0.2) is 5.54 Å². The van der Waals surface area contributed by atoms with Crippen LogP contribution in [0.1, 0.15) is 42.4 Å². The van der Waals surface area contributed by atoms with Crippen molar-refractivity contribution in [2.24, 2.45) is 0 Å². The van der Waals surface area contributed by atoms with Crippen LogP contribution in [0.4, 0.5) is 39.9 Å². The lowest BCUT2D eigenvalue weighted by Gasteiger charge is -2.54. The fourth-order valence-electron chi connectivity index (χ4n) is 7.99. The molecule has 2 aliphatic heterocycles. The van der Waals surface area contributed by atoms with Gasteiger partial charge in [0.25, 0.3) is 17.8 Å². The van der Waals surface area contributed by atoms with Crippen molar-refractivity contribution in [3.8, 4) is 17.2 Å². The van der Waals surface area contributed by atoms with Crippen LogP contribution in [-0.4, -0.2) is 86.6 Å². The number of nitrogens with zero attached hydrogens (tertiary/aromatic N) is 6. The Hall–Kier alpha value is -5.05. The zero-order valence-electron chi connectivity index (χ0n) is 27.3. The van der Waals surface area contributed by atoms with Gasteiger partial charge in [-0.25, -0.2) is 26.7 Å². The van der Waals surface area contributed by atoms with Crippen LogP contribution >= 0.6 is 0 Å². The maximum atomic E-state index is 15.8. The molecule has 0 bridgehead atoms. The van der Waals surface area contributed by atoms with Crippen molar-refractivity contribution in [2.45, 2.75) is 66.9 Å². The number of imide groups is 1. The Morgan fingerprint density at radius 2 is 1.67 bits per heavy atom. The fraction of sp³-hybridized carbons (Fsp3) is 0.441. The molecule has 4 aliphatic rings. The van der Waals surface area contributed by atoms with Gasteiger partial charge < -0.3 is 15.1 Å². The van der Waals surface area contributed by atoms with Crippen molar-refractivity contribution in [1.82, 2.24) is 29.8 Å². The first kappa shape index (κ1) is 35.4. The Balaban J connectivity index is 1.18. The zero-order chi connectivity index (χ0) is 37.6. The summed E-state index contributed by atoms with van der Waals surface area (Å²) in [5.74, 6) is -11.1. The van der Waals surface area contributed by atoms with Crippen molar-refractivity contribution >= 4 is 17.8 Å². The van der Waals surface area contributed by atoms with E-state index in [4.69, 9.17) is 0 Å². The van der Waals surface area contributed by atoms with Gasteiger partial charge in [-0.15, -0.1) is 0 Å². The molecule has 1 atom stereocenters. The van der Waals surface area contributed by atoms with E-state index in [-0.39, 0.29) is 32.9 Å². The standard InChI is InChI=1S/C34H29F8N7O3/c1-46-18-29(19-46,8-9-43)49-13-22(11-44-49)21-4-7-24-25(10-21)33(38,39)17-32(24)27(51)47(28(52)45-32)14-26(50)48(12-20-2-5-23(35)6-3-20)30(34(40,41)42)15-31(36,37)16-30/h2-7,10-11,13H,8,12,14-19H2,1H3,(H,45,52)/t32-/m0/s1. The number of carbonyl (C=O) groups excluding carboxylic acids is 3. The number of benzene rings is 2. The number of halogens is 8. The molecular formula is C34H29F8N7O3. The molecular weight excluding hydrogens is 706 g/mol. The summed E-state index contributed by atoms with van der Waals surface area (Å²) < 4.78 is 118. The number of hydrogen-bond donors (Lipinski definition) is 1. The predicted molar refractivity (Wildman–Crippen MR) is 164 cm³/mol. The van der Waals surface area contributed by atoms with Crippen molar-refractivity contribution in [1.29, 1.82) is 5.26 Å². The highest BCUT2D eigenvalue weighted by molar-refractivity contribution is 6.10. The van der Waals surface area contributed by atoms with Gasteiger partial charge in [-0.3, -0.25) is 19.2 Å². The summed E-state index contributed by atoms with van der Waals surface area (Å²) in [6.45, 7) is -1.23. The second-order valence-electron chi connectivity index (χ2n) is 14.1. The fourth-order valence-corrected chi connectivity index (χ4v) is 7.99. The highest BCUT2D eigenvalue weighted by atomic mass is 19.4. The first-order valence-corrected chi connectivity index (χ1v) is 16.0. The van der Waals surface area contributed by atoms with Crippen molar-refractivity contribution in [3.63, 3.8) is 0 Å². The number of likely N-dealkylation sites (tertiary alicyclic amines) is 1. The molecule has 274 valence electrons. The number of hydrogen-bond acceptors (Lipinski definition) is 6. The van der Waals surface area contributed by atoms with E-state index in [0.29, 0.717) is 18.7 Å². The third-order valence-corrected chi connectivity index (χ3v) is 10.5. The largest absolute Gasteiger partial charge is 0.412 e. The normalized spacial score (nSPS) is 23.8. The lowest BCUT2D eigenvalue weighted by Crippen LogP contribution is -2.71. The number of rotatable bonds is 8. The molecule has 2 aliphatic carbocycles. The molecule has 1 aromatic heterocycles. The Kier molecular flexibility index (Phi) is 7.80. The molecule has 10 nitrogen and oxygen atoms in total. The molecule has 2 aromatic carbocycles. The number of alkyl halides is 7. The van der Waals surface area contributed by atoms with Gasteiger partial charge in [0.1, 0.15) is 23.4 Å². The van der Waals surface area contributed by atoms with Crippen LogP contribution in [0.25, 0.3) is 11.1 Å². The summed E-state index contributed by atoms with van der Waals surface area (Å²) >= 11 is 0. The van der Waals surface area contributed by atoms with E-state index in [1.807, 2.05) is 11.9 Å². The van der Waals surface area contributed by atoms with Gasteiger partial charge >= 0.3 is 12.2 Å². The molecule has 0 radical (unpaired) electrons. The highest BCUT2D eigenvalue weighted by Gasteiger charge is 2.73. The number of fused-ring (bicyclic) bond motifs is 2. The van der Waals surface area contributed by atoms with E-state index >= 15 is 8.78 Å². The van der Waals surface area contributed by atoms with E-state index in [0.717, 1.165) is 30.3 Å². The maximum Gasteiger partial charge on any atom is 0.412 e. The van der Waals surface area contributed by atoms with Crippen LogP contribution in [0.3, 0.4) is 0 Å². The van der Waals surface area contributed by atoms with E-state index in [1.165, 1.54) is 18.3 Å². The van der Waals surface area contributed by atoms with Crippen LogP contribution in [0.5, 0.6) is 0 Å². The number of nitriles is 1. The summed E-state index contributed by atoms with van der Waals surface area (Å²) in [4.78, 5) is 43.0. The number of urea groups is 1. The molecule has 4 amide bonds. The summed E-state index contributed by atoms with van der Waals surface area (Å²) in [7, 11) is 1.87. The smallest absolute Gasteiger partial charge is 0.322 e. The van der Waals surface area contributed by atoms with Gasteiger partial charge in [0.05, 0.1) is 25.1 Å². The molecule has 0 unspecified atom stereocenters. The van der Waals surface area contributed by atoms with Gasteiger partial charge in [0.2, 0.25) is 5.91 Å². The quantitative estimate of drug-likeness (QED) is 0.250. The van der Waals surface area contributed by atoms with Crippen LogP contribution < -0.4 is 5.32 Å². The first-order valence-electron chi connectivity index (χ1n) is 16.0.